The maximum absolute atomic E-state index is 13.9. The monoisotopic (exact) mass is 600 g/mol. The van der Waals surface area contributed by atoms with Gasteiger partial charge in [-0.25, -0.2) is 13.2 Å². The quantitative estimate of drug-likeness (QED) is 0.241. The van der Waals surface area contributed by atoms with Crippen molar-refractivity contribution in [3.05, 3.63) is 93.8 Å². The Bertz CT molecular complexity index is 1900. The number of hydrogen-bond donors (Lipinski definition) is 0. The van der Waals surface area contributed by atoms with E-state index in [1.165, 1.54) is 13.1 Å². The SMILES string of the molecule is COC(=O)C1CN(C)S(=O)(=O)c2c(-c3cccc(C(F)(F)F)c3)c(Cc3cccc4ccccc34)c(OC=O)c(=O)n21. The number of rotatable bonds is 6. The number of sulfonamides is 1. The average molecular weight is 601 g/mol. The number of esters is 1. The number of fused-ring (bicyclic) bond motifs is 2. The molecule has 13 heteroatoms. The lowest BCUT2D eigenvalue weighted by Crippen LogP contribution is -2.48. The van der Waals surface area contributed by atoms with Gasteiger partial charge in [0.2, 0.25) is 0 Å². The Labute approximate surface area is 237 Å². The molecule has 0 saturated heterocycles. The van der Waals surface area contributed by atoms with E-state index in [1.807, 2.05) is 18.2 Å². The number of halogens is 3. The standard InChI is InChI=1S/C29H23F3N2O7S/c1-33-15-23(28(37)40-2)34-26(36)25(41-16-35)22(14-18-9-5-8-17-7-3-4-12-21(17)18)24(27(34)42(33,38)39)19-10-6-11-20(13-19)29(30,31)32/h3-13,16,23H,14-15H2,1-2H3. The molecule has 0 saturated carbocycles. The van der Waals surface area contributed by atoms with E-state index in [1.54, 1.807) is 24.3 Å². The van der Waals surface area contributed by atoms with Crippen molar-refractivity contribution in [1.29, 1.82) is 0 Å². The molecule has 0 bridgehead atoms. The molecule has 0 amide bonds. The summed E-state index contributed by atoms with van der Waals surface area (Å²) in [6.45, 7) is -0.546. The molecular weight excluding hydrogens is 577 g/mol. The fourth-order valence-electron chi connectivity index (χ4n) is 5.24. The molecule has 42 heavy (non-hydrogen) atoms. The fourth-order valence-corrected chi connectivity index (χ4v) is 6.83. The van der Waals surface area contributed by atoms with E-state index in [-0.39, 0.29) is 29.6 Å². The molecule has 2 heterocycles. The van der Waals surface area contributed by atoms with Crippen LogP contribution >= 0.6 is 0 Å². The fraction of sp³-hybridized carbons (Fsp3) is 0.207. The number of likely N-dealkylation sites (N-methyl/N-ethyl adjacent to an activating group) is 1. The number of benzene rings is 3. The molecule has 0 radical (unpaired) electrons. The summed E-state index contributed by atoms with van der Waals surface area (Å²) in [5.41, 5.74) is -2.31. The number of hydrogen-bond acceptors (Lipinski definition) is 7. The minimum absolute atomic E-state index is 0.0389. The van der Waals surface area contributed by atoms with Gasteiger partial charge in [-0.3, -0.25) is 14.2 Å². The van der Waals surface area contributed by atoms with E-state index in [9.17, 15) is 36.0 Å². The van der Waals surface area contributed by atoms with Crippen molar-refractivity contribution < 1.29 is 40.7 Å². The third-order valence-electron chi connectivity index (χ3n) is 7.18. The summed E-state index contributed by atoms with van der Waals surface area (Å²) in [5, 5.41) is 0.808. The summed E-state index contributed by atoms with van der Waals surface area (Å²) in [5.74, 6) is -1.60. The predicted octanol–water partition coefficient (Wildman–Crippen LogP) is 4.16. The highest BCUT2D eigenvalue weighted by atomic mass is 32.2. The lowest BCUT2D eigenvalue weighted by molar-refractivity contribution is -0.145. The topological polar surface area (TPSA) is 112 Å². The Hall–Kier alpha value is -4.49. The maximum atomic E-state index is 13.9. The van der Waals surface area contributed by atoms with Gasteiger partial charge in [0.05, 0.1) is 12.7 Å². The lowest BCUT2D eigenvalue weighted by Gasteiger charge is -2.34. The van der Waals surface area contributed by atoms with Crippen molar-refractivity contribution in [2.24, 2.45) is 0 Å². The Balaban J connectivity index is 1.97. The van der Waals surface area contributed by atoms with Gasteiger partial charge < -0.3 is 9.47 Å². The number of methoxy groups -OCH3 is 1. The van der Waals surface area contributed by atoms with E-state index >= 15 is 0 Å². The zero-order chi connectivity index (χ0) is 30.4. The minimum atomic E-state index is -4.79. The van der Waals surface area contributed by atoms with Gasteiger partial charge in [0.1, 0.15) is 6.04 Å². The first-order chi connectivity index (χ1) is 19.9. The lowest BCUT2D eigenvalue weighted by atomic mass is 9.92. The second-order valence-electron chi connectivity index (χ2n) is 9.60. The highest BCUT2D eigenvalue weighted by Crippen LogP contribution is 2.42. The van der Waals surface area contributed by atoms with Crippen molar-refractivity contribution in [1.82, 2.24) is 8.87 Å². The molecule has 5 rings (SSSR count). The van der Waals surface area contributed by atoms with E-state index in [0.717, 1.165) is 40.4 Å². The molecule has 0 N–H and O–H groups in total. The summed E-state index contributed by atoms with van der Waals surface area (Å²) in [6.07, 6.45) is -4.99. The van der Waals surface area contributed by atoms with Gasteiger partial charge >= 0.3 is 12.1 Å². The Kier molecular flexibility index (Phi) is 7.41. The van der Waals surface area contributed by atoms with Crippen LogP contribution in [0.4, 0.5) is 13.2 Å². The summed E-state index contributed by atoms with van der Waals surface area (Å²) >= 11 is 0. The van der Waals surface area contributed by atoms with Crippen LogP contribution in [0, 0.1) is 0 Å². The third-order valence-corrected chi connectivity index (χ3v) is 9.04. The number of alkyl halides is 3. The van der Waals surface area contributed by atoms with Gasteiger partial charge in [-0.15, -0.1) is 0 Å². The van der Waals surface area contributed by atoms with Crippen LogP contribution in [0.1, 0.15) is 22.7 Å². The van der Waals surface area contributed by atoms with Crippen LogP contribution in [0.5, 0.6) is 5.75 Å². The molecule has 0 aliphatic carbocycles. The molecule has 3 aromatic carbocycles. The van der Waals surface area contributed by atoms with Crippen molar-refractivity contribution in [3.63, 3.8) is 0 Å². The van der Waals surface area contributed by atoms with E-state index < -0.39 is 56.7 Å². The Morgan fingerprint density at radius 2 is 1.76 bits per heavy atom. The Morgan fingerprint density at radius 1 is 1.07 bits per heavy atom. The van der Waals surface area contributed by atoms with Crippen molar-refractivity contribution in [2.75, 3.05) is 20.7 Å². The number of pyridine rings is 1. The number of carbonyl (C=O) groups excluding carboxylic acids is 2. The first-order valence-electron chi connectivity index (χ1n) is 12.5. The molecule has 1 unspecified atom stereocenters. The molecule has 218 valence electrons. The van der Waals surface area contributed by atoms with Gasteiger partial charge in [-0.1, -0.05) is 54.6 Å². The molecule has 1 aromatic heterocycles. The second kappa shape index (κ2) is 10.7. The maximum Gasteiger partial charge on any atom is 0.416 e. The summed E-state index contributed by atoms with van der Waals surface area (Å²) < 4.78 is 80.6. The van der Waals surface area contributed by atoms with Crippen LogP contribution in [0.2, 0.25) is 0 Å². The Morgan fingerprint density at radius 3 is 2.45 bits per heavy atom. The average Bonchev–Trinajstić information content (AvgIpc) is 2.96. The molecule has 1 atom stereocenters. The van der Waals surface area contributed by atoms with Gasteiger partial charge in [0.25, 0.3) is 22.1 Å². The highest BCUT2D eigenvalue weighted by molar-refractivity contribution is 7.89. The second-order valence-corrected chi connectivity index (χ2v) is 11.6. The van der Waals surface area contributed by atoms with E-state index in [2.05, 4.69) is 0 Å². The normalized spacial score (nSPS) is 16.5. The van der Waals surface area contributed by atoms with Crippen molar-refractivity contribution in [3.8, 4) is 16.9 Å². The van der Waals surface area contributed by atoms with Crippen LogP contribution in [0.3, 0.4) is 0 Å². The first kappa shape index (κ1) is 29.0. The highest BCUT2D eigenvalue weighted by Gasteiger charge is 2.44. The van der Waals surface area contributed by atoms with E-state index in [0.29, 0.717) is 10.1 Å². The van der Waals surface area contributed by atoms with Crippen molar-refractivity contribution >= 4 is 33.2 Å². The zero-order valence-corrected chi connectivity index (χ0v) is 23.0. The van der Waals surface area contributed by atoms with Gasteiger partial charge in [-0.05, 0) is 34.0 Å². The van der Waals surface area contributed by atoms with E-state index in [4.69, 9.17) is 9.47 Å². The van der Waals surface area contributed by atoms with Crippen LogP contribution < -0.4 is 10.3 Å². The molecule has 1 aliphatic rings. The number of nitrogens with zero attached hydrogens (tertiary/aromatic N) is 2. The number of carbonyl (C=O) groups is 2. The molecule has 0 spiro atoms. The van der Waals surface area contributed by atoms with Crippen LogP contribution in [-0.4, -0.2) is 50.4 Å². The number of aromatic nitrogens is 1. The predicted molar refractivity (Wildman–Crippen MR) is 145 cm³/mol. The largest absolute Gasteiger partial charge is 0.467 e. The van der Waals surface area contributed by atoms with Crippen LogP contribution in [-0.2, 0) is 36.9 Å². The molecular formula is C29H23F3N2O7S. The molecule has 4 aromatic rings. The molecule has 1 aliphatic heterocycles. The minimum Gasteiger partial charge on any atom is -0.467 e. The summed E-state index contributed by atoms with van der Waals surface area (Å²) in [6, 6.07) is 14.9. The molecule has 0 fully saturated rings. The molecule has 9 nitrogen and oxygen atoms in total. The third kappa shape index (κ3) is 4.84. The van der Waals surface area contributed by atoms with Crippen LogP contribution in [0.25, 0.3) is 21.9 Å². The summed E-state index contributed by atoms with van der Waals surface area (Å²) in [7, 11) is -2.35. The number of ether oxygens (including phenoxy) is 2. The van der Waals surface area contributed by atoms with Crippen LogP contribution in [0.15, 0.2) is 76.6 Å². The van der Waals surface area contributed by atoms with Gasteiger partial charge in [-0.2, -0.15) is 17.5 Å². The van der Waals surface area contributed by atoms with Gasteiger partial charge in [0.15, 0.2) is 10.8 Å². The smallest absolute Gasteiger partial charge is 0.416 e. The van der Waals surface area contributed by atoms with Crippen molar-refractivity contribution in [2.45, 2.75) is 23.7 Å². The first-order valence-corrected chi connectivity index (χ1v) is 13.9. The summed E-state index contributed by atoms with van der Waals surface area (Å²) in [4.78, 5) is 38.4. The van der Waals surface area contributed by atoms with Gasteiger partial charge in [0, 0.05) is 31.1 Å². The zero-order valence-electron chi connectivity index (χ0n) is 22.2.